The zero-order chi connectivity index (χ0) is 27.7. The Morgan fingerprint density at radius 3 is 2.11 bits per heavy atom. The van der Waals surface area contributed by atoms with E-state index >= 15 is 0 Å². The topological polar surface area (TPSA) is 120 Å². The molecule has 0 radical (unpaired) electrons. The van der Waals surface area contributed by atoms with Crippen molar-refractivity contribution in [1.82, 2.24) is 4.98 Å². The number of imide groups is 1. The lowest BCUT2D eigenvalue weighted by molar-refractivity contribution is -0.117. The molecule has 37 heavy (non-hydrogen) atoms. The molecule has 1 aromatic heterocycles. The van der Waals surface area contributed by atoms with Gasteiger partial charge in [-0.05, 0) is 23.3 Å². The molecule has 0 aliphatic carbocycles. The number of methoxy groups -OCH3 is 1. The van der Waals surface area contributed by atoms with E-state index in [0.29, 0.717) is 5.75 Å². The molecule has 2 aromatic rings. The highest BCUT2D eigenvalue weighted by Crippen LogP contribution is 2.45. The molecule has 200 valence electrons. The largest absolute Gasteiger partial charge is 0.497 e. The van der Waals surface area contributed by atoms with Crippen molar-refractivity contribution >= 4 is 99.2 Å². The van der Waals surface area contributed by atoms with Gasteiger partial charge in [0, 0.05) is 43.5 Å². The van der Waals surface area contributed by atoms with E-state index in [4.69, 9.17) is 74.3 Å². The Bertz CT molecular complexity index is 1190. The Morgan fingerprint density at radius 1 is 1.05 bits per heavy atom. The molecular weight excluding hydrogens is 615 g/mol. The summed E-state index contributed by atoms with van der Waals surface area (Å²) in [5.74, 6) is -0.547. The van der Waals surface area contributed by atoms with E-state index in [9.17, 15) is 24.6 Å². The van der Waals surface area contributed by atoms with Gasteiger partial charge in [-0.3, -0.25) is 4.79 Å². The van der Waals surface area contributed by atoms with Crippen LogP contribution in [0.2, 0.25) is 0 Å². The van der Waals surface area contributed by atoms with Crippen LogP contribution in [0.3, 0.4) is 0 Å². The number of halogens is 6. The van der Waals surface area contributed by atoms with E-state index in [1.807, 2.05) is 12.1 Å². The molecule has 1 saturated heterocycles. The van der Waals surface area contributed by atoms with E-state index in [1.165, 1.54) is 12.0 Å². The third-order valence-corrected chi connectivity index (χ3v) is 6.35. The van der Waals surface area contributed by atoms with Gasteiger partial charge in [0.25, 0.3) is 0 Å². The summed E-state index contributed by atoms with van der Waals surface area (Å²) >= 11 is 36.3. The maximum atomic E-state index is 13.3. The molecule has 2 N–H and O–H groups in total. The standard InChI is InChI=1S/C22H19Cl6N3O6/c1-37-14-4-2-11(3-5-14)12-6-16(32)30(10-12)17-13(7-21(23,24)25)9-29-18(15(17)8-22(26,27)28)31(19(33)34)20(35)36/h2-5,9,12H,6-8,10H2,1H3,(H,33,34)(H,35,36). The number of carboxylic acid groups (broad SMARTS) is 2. The monoisotopic (exact) mass is 631 g/mol. The van der Waals surface area contributed by atoms with Gasteiger partial charge < -0.3 is 19.8 Å². The Morgan fingerprint density at radius 2 is 1.62 bits per heavy atom. The highest BCUT2D eigenvalue weighted by Gasteiger charge is 2.40. The first-order valence-corrected chi connectivity index (χ1v) is 12.7. The van der Waals surface area contributed by atoms with Crippen molar-refractivity contribution in [3.8, 4) is 5.75 Å². The molecule has 1 unspecified atom stereocenters. The number of hydrogen-bond acceptors (Lipinski definition) is 5. The minimum absolute atomic E-state index is 0.0319. The molecular formula is C22H19Cl6N3O6. The first-order valence-electron chi connectivity index (χ1n) is 10.5. The molecule has 3 amide bonds. The number of anilines is 2. The van der Waals surface area contributed by atoms with Gasteiger partial charge in [0.15, 0.2) is 13.4 Å². The van der Waals surface area contributed by atoms with Gasteiger partial charge in [-0.25, -0.2) is 14.6 Å². The minimum Gasteiger partial charge on any atom is -0.497 e. The van der Waals surface area contributed by atoms with E-state index in [1.54, 1.807) is 12.1 Å². The number of aromatic nitrogens is 1. The van der Waals surface area contributed by atoms with Crippen molar-refractivity contribution in [2.24, 2.45) is 0 Å². The quantitative estimate of drug-likeness (QED) is 0.344. The molecule has 0 spiro atoms. The van der Waals surface area contributed by atoms with Crippen LogP contribution >= 0.6 is 69.6 Å². The molecule has 1 fully saturated rings. The molecule has 15 heteroatoms. The van der Waals surface area contributed by atoms with Crippen LogP contribution < -0.4 is 14.5 Å². The lowest BCUT2D eigenvalue weighted by Gasteiger charge is -2.29. The van der Waals surface area contributed by atoms with Crippen LogP contribution in [0.4, 0.5) is 21.1 Å². The van der Waals surface area contributed by atoms with Gasteiger partial charge in [0.2, 0.25) is 5.91 Å². The molecule has 0 bridgehead atoms. The number of benzene rings is 1. The number of rotatable bonds is 6. The number of nitrogens with zero attached hydrogens (tertiary/aromatic N) is 3. The maximum absolute atomic E-state index is 13.3. The lowest BCUT2D eigenvalue weighted by atomic mass is 9.98. The summed E-state index contributed by atoms with van der Waals surface area (Å²) in [5, 5.41) is 19.1. The number of carbonyl (C=O) groups is 3. The van der Waals surface area contributed by atoms with Crippen molar-refractivity contribution in [1.29, 1.82) is 0 Å². The minimum atomic E-state index is -2.02. The second kappa shape index (κ2) is 11.5. The van der Waals surface area contributed by atoms with Gasteiger partial charge in [0.05, 0.1) is 12.8 Å². The number of amides is 3. The smallest absolute Gasteiger partial charge is 0.422 e. The van der Waals surface area contributed by atoms with Crippen molar-refractivity contribution in [2.45, 2.75) is 32.8 Å². The number of pyridine rings is 1. The zero-order valence-corrected chi connectivity index (χ0v) is 23.5. The van der Waals surface area contributed by atoms with Crippen LogP contribution in [-0.2, 0) is 17.6 Å². The fourth-order valence-corrected chi connectivity index (χ4v) is 4.93. The Labute approximate surface area is 241 Å². The summed E-state index contributed by atoms with van der Waals surface area (Å²) in [4.78, 5) is 42.2. The van der Waals surface area contributed by atoms with Crippen LogP contribution in [0.5, 0.6) is 5.75 Å². The summed E-state index contributed by atoms with van der Waals surface area (Å²) in [7, 11) is 1.53. The number of hydrogen-bond donors (Lipinski definition) is 2. The fraction of sp³-hybridized carbons (Fsp3) is 0.364. The third-order valence-electron chi connectivity index (χ3n) is 5.55. The Balaban J connectivity index is 2.22. The molecule has 1 aliphatic rings. The van der Waals surface area contributed by atoms with E-state index < -0.39 is 32.0 Å². The Hall–Kier alpha value is -1.88. The van der Waals surface area contributed by atoms with Gasteiger partial charge in [0.1, 0.15) is 5.75 Å². The fourth-order valence-electron chi connectivity index (χ4n) is 4.10. The average molecular weight is 634 g/mol. The third kappa shape index (κ3) is 7.37. The average Bonchev–Trinajstić information content (AvgIpc) is 3.14. The maximum Gasteiger partial charge on any atom is 0.422 e. The molecule has 2 heterocycles. The summed E-state index contributed by atoms with van der Waals surface area (Å²) in [6.07, 6.45) is -3.24. The normalized spacial score (nSPS) is 16.1. The second-order valence-electron chi connectivity index (χ2n) is 8.10. The van der Waals surface area contributed by atoms with Crippen LogP contribution in [0.25, 0.3) is 0 Å². The number of alkyl halides is 6. The van der Waals surface area contributed by atoms with Gasteiger partial charge >= 0.3 is 12.2 Å². The van der Waals surface area contributed by atoms with Crippen molar-refractivity contribution < 1.29 is 29.3 Å². The van der Waals surface area contributed by atoms with E-state index in [0.717, 1.165) is 11.8 Å². The summed E-state index contributed by atoms with van der Waals surface area (Å²) in [5.41, 5.74) is 0.999. The first-order chi connectivity index (χ1) is 17.1. The number of ether oxygens (including phenoxy) is 1. The molecule has 9 nitrogen and oxygen atoms in total. The highest BCUT2D eigenvalue weighted by atomic mass is 35.6. The van der Waals surface area contributed by atoms with Crippen LogP contribution in [-0.4, -0.2) is 54.5 Å². The SMILES string of the molecule is COc1ccc(C2CC(=O)N(c3c(CC(Cl)(Cl)Cl)cnc(N(C(=O)O)C(=O)O)c3CC(Cl)(Cl)Cl)C2)cc1. The first kappa shape index (κ1) is 29.7. The summed E-state index contributed by atoms with van der Waals surface area (Å²) in [6.45, 7) is 0.133. The molecule has 1 atom stereocenters. The van der Waals surface area contributed by atoms with Gasteiger partial charge in [-0.1, -0.05) is 81.7 Å². The predicted molar refractivity (Wildman–Crippen MR) is 143 cm³/mol. The molecule has 1 aromatic carbocycles. The van der Waals surface area contributed by atoms with Crippen LogP contribution in [0.1, 0.15) is 29.0 Å². The summed E-state index contributed by atoms with van der Waals surface area (Å²) in [6, 6.07) is 7.15. The molecule has 3 rings (SSSR count). The second-order valence-corrected chi connectivity index (χ2v) is 13.1. The van der Waals surface area contributed by atoms with Crippen molar-refractivity contribution in [3.05, 3.63) is 47.2 Å². The lowest BCUT2D eigenvalue weighted by Crippen LogP contribution is -2.37. The zero-order valence-electron chi connectivity index (χ0n) is 18.9. The molecule has 0 saturated carbocycles. The van der Waals surface area contributed by atoms with Crippen molar-refractivity contribution in [2.75, 3.05) is 23.5 Å². The van der Waals surface area contributed by atoms with Gasteiger partial charge in [-0.2, -0.15) is 4.90 Å². The molecule has 1 aliphatic heterocycles. The highest BCUT2D eigenvalue weighted by molar-refractivity contribution is 6.68. The van der Waals surface area contributed by atoms with E-state index in [2.05, 4.69) is 4.98 Å². The van der Waals surface area contributed by atoms with Crippen LogP contribution in [0.15, 0.2) is 30.5 Å². The predicted octanol–water partition coefficient (Wildman–Crippen LogP) is 6.60. The van der Waals surface area contributed by atoms with E-state index in [-0.39, 0.29) is 52.9 Å². The van der Waals surface area contributed by atoms with Crippen molar-refractivity contribution in [3.63, 3.8) is 0 Å². The Kier molecular flexibility index (Phi) is 9.20. The number of carbonyl (C=O) groups excluding carboxylic acids is 1. The van der Waals surface area contributed by atoms with Gasteiger partial charge in [-0.15, -0.1) is 0 Å². The summed E-state index contributed by atoms with van der Waals surface area (Å²) < 4.78 is 1.32. The van der Waals surface area contributed by atoms with Crippen LogP contribution in [0, 0.1) is 0 Å².